The van der Waals surface area contributed by atoms with Crippen LogP contribution in [-0.4, -0.2) is 89.4 Å². The molecule has 0 aliphatic rings. The van der Waals surface area contributed by atoms with Crippen molar-refractivity contribution in [3.8, 4) is 0 Å². The Balaban J connectivity index is -0.000000120. The zero-order valence-corrected chi connectivity index (χ0v) is 13.0. The average Bonchev–Trinajstić information content (AvgIpc) is 1.82. The smallest absolute Gasteiger partial charge is 1.00 e. The second kappa shape index (κ2) is 8.66. The van der Waals surface area contributed by atoms with E-state index in [1.165, 1.54) is 0 Å². The van der Waals surface area contributed by atoms with Crippen LogP contribution in [0.5, 0.6) is 0 Å². The number of hydrogen-bond donors (Lipinski definition) is 4. The molecule has 0 saturated heterocycles. The molecule has 15 heavy (non-hydrogen) atoms. The summed E-state index contributed by atoms with van der Waals surface area (Å²) in [4.78, 5) is 30.5. The first-order valence-corrected chi connectivity index (χ1v) is 3.17. The van der Waals surface area contributed by atoms with Crippen LogP contribution in [0, 0.1) is 0 Å². The Morgan fingerprint density at radius 3 is 1.40 bits per heavy atom. The van der Waals surface area contributed by atoms with Crippen LogP contribution in [0.4, 0.5) is 0 Å². The molecule has 0 aliphatic heterocycles. The van der Waals surface area contributed by atoms with E-state index in [0.717, 1.165) is 0 Å². The maximum atomic E-state index is 10.3. The van der Waals surface area contributed by atoms with Crippen LogP contribution in [-0.2, 0) is 35.4 Å². The second-order valence-electron chi connectivity index (χ2n) is 2.48. The minimum Gasteiger partial charge on any atom is -1.00 e. The summed E-state index contributed by atoms with van der Waals surface area (Å²) in [5.41, 5.74) is -2.74. The fourth-order valence-corrected chi connectivity index (χ4v) is 0.714. The fourth-order valence-electron chi connectivity index (χ4n) is 0.714. The summed E-state index contributed by atoms with van der Waals surface area (Å²) in [6, 6.07) is 0. The summed E-state index contributed by atoms with van der Waals surface area (Å²) >= 11 is 0. The molecule has 0 unspecified atom stereocenters. The number of carboxylic acid groups (broad SMARTS) is 3. The summed E-state index contributed by atoms with van der Waals surface area (Å²) in [6.45, 7) is 0. The van der Waals surface area contributed by atoms with E-state index in [0.29, 0.717) is 0 Å². The predicted molar refractivity (Wildman–Crippen MR) is 45.1 cm³/mol. The largest absolute Gasteiger partial charge is 2.00 e. The Morgan fingerprint density at radius 1 is 1.00 bits per heavy atom. The van der Waals surface area contributed by atoms with Crippen LogP contribution in [0.25, 0.3) is 0 Å². The average molecular weight is 378 g/mol. The zero-order valence-electron chi connectivity index (χ0n) is 9.54. The number of aliphatic carboxylic acids is 3. The first-order chi connectivity index (χ1) is 5.78. The van der Waals surface area contributed by atoms with E-state index in [-0.39, 0.29) is 69.4 Å². The van der Waals surface area contributed by atoms with Gasteiger partial charge in [0.25, 0.3) is 0 Å². The molecule has 0 heterocycles. The molecule has 0 aromatic carbocycles. The van der Waals surface area contributed by atoms with E-state index >= 15 is 0 Å². The molecule has 0 fully saturated rings. The van der Waals surface area contributed by atoms with E-state index in [9.17, 15) is 14.4 Å². The van der Waals surface area contributed by atoms with Crippen molar-refractivity contribution in [1.82, 2.24) is 0 Å². The van der Waals surface area contributed by atoms with Gasteiger partial charge in [-0.05, 0) is 0 Å². The SMILES string of the molecule is O=C(O)CC(O)(CC(=O)O)C(=O)O.[H-].[H-].[Mo].[Sr+2]. The molecule has 0 bridgehead atoms. The van der Waals surface area contributed by atoms with Gasteiger partial charge in [0.2, 0.25) is 0 Å². The van der Waals surface area contributed by atoms with Gasteiger partial charge in [-0.25, -0.2) is 4.79 Å². The Bertz CT molecular complexity index is 247. The standard InChI is InChI=1S/C6H8O7.Mo.Sr.2H/c7-3(8)1-6(13,5(11)12)2-4(9)10;;;;/h13H,1-2H2,(H,7,8)(H,9,10)(H,11,12);;;;/q;;+2;2*-1. The molecule has 0 aromatic heterocycles. The van der Waals surface area contributed by atoms with Crippen molar-refractivity contribution in [2.75, 3.05) is 0 Å². The Morgan fingerprint density at radius 2 is 1.27 bits per heavy atom. The van der Waals surface area contributed by atoms with Crippen molar-refractivity contribution in [2.24, 2.45) is 0 Å². The minimum atomic E-state index is -2.74. The van der Waals surface area contributed by atoms with Crippen molar-refractivity contribution in [2.45, 2.75) is 18.4 Å². The molecule has 4 N–H and O–H groups in total. The van der Waals surface area contributed by atoms with Crippen LogP contribution in [0.1, 0.15) is 15.7 Å². The summed E-state index contributed by atoms with van der Waals surface area (Å²) in [6.07, 6.45) is -2.29. The molecule has 0 radical (unpaired) electrons. The fraction of sp³-hybridized carbons (Fsp3) is 0.500. The van der Waals surface area contributed by atoms with Crippen molar-refractivity contribution in [3.05, 3.63) is 0 Å². The number of aliphatic hydroxyl groups is 1. The van der Waals surface area contributed by atoms with Gasteiger partial charge in [-0.15, -0.1) is 0 Å². The number of carbonyl (C=O) groups is 3. The zero-order chi connectivity index (χ0) is 10.6. The van der Waals surface area contributed by atoms with Crippen molar-refractivity contribution in [1.29, 1.82) is 0 Å². The molecule has 0 atom stereocenters. The number of carboxylic acids is 3. The monoisotopic (exact) mass is 380 g/mol. The third-order valence-electron chi connectivity index (χ3n) is 1.29. The van der Waals surface area contributed by atoms with Crippen molar-refractivity contribution < 1.29 is 58.7 Å². The summed E-state index contributed by atoms with van der Waals surface area (Å²) < 4.78 is 0. The van der Waals surface area contributed by atoms with Crippen LogP contribution in [0.2, 0.25) is 0 Å². The van der Waals surface area contributed by atoms with Gasteiger partial charge in [0, 0.05) is 21.1 Å². The third kappa shape index (κ3) is 8.36. The minimum absolute atomic E-state index is 0. The van der Waals surface area contributed by atoms with Gasteiger partial charge in [-0.2, -0.15) is 0 Å². The number of hydrogen-bond acceptors (Lipinski definition) is 4. The van der Waals surface area contributed by atoms with E-state index in [1.807, 2.05) is 0 Å². The normalized spacial score (nSPS) is 9.40. The van der Waals surface area contributed by atoms with E-state index in [1.54, 1.807) is 0 Å². The van der Waals surface area contributed by atoms with Crippen molar-refractivity contribution in [3.63, 3.8) is 0 Å². The van der Waals surface area contributed by atoms with Gasteiger partial charge in [0.1, 0.15) is 0 Å². The van der Waals surface area contributed by atoms with Crippen molar-refractivity contribution >= 4 is 63.4 Å². The van der Waals surface area contributed by atoms with Crippen LogP contribution >= 0.6 is 0 Å². The molecule has 9 heteroatoms. The Labute approximate surface area is 139 Å². The van der Waals surface area contributed by atoms with E-state index < -0.39 is 36.4 Å². The molecular formula is C6H10MoO7Sr. The molecule has 0 rings (SSSR count). The van der Waals surface area contributed by atoms with Gasteiger partial charge < -0.3 is 23.3 Å². The summed E-state index contributed by atoms with van der Waals surface area (Å²) in [5, 5.41) is 33.8. The molecule has 0 amide bonds. The topological polar surface area (TPSA) is 132 Å². The number of rotatable bonds is 5. The summed E-state index contributed by atoms with van der Waals surface area (Å²) in [5.74, 6) is -5.02. The molecule has 0 saturated carbocycles. The quantitative estimate of drug-likeness (QED) is 0.433. The first kappa shape index (κ1) is 20.9. The molecule has 0 aromatic rings. The molecule has 0 spiro atoms. The maximum Gasteiger partial charge on any atom is 2.00 e. The van der Waals surface area contributed by atoms with Crippen LogP contribution in [0.15, 0.2) is 0 Å². The predicted octanol–water partition coefficient (Wildman–Crippen LogP) is -1.41. The summed E-state index contributed by atoms with van der Waals surface area (Å²) in [7, 11) is 0. The van der Waals surface area contributed by atoms with Gasteiger partial charge in [0.15, 0.2) is 5.60 Å². The third-order valence-corrected chi connectivity index (χ3v) is 1.29. The molecular weight excluding hydrogens is 368 g/mol. The van der Waals surface area contributed by atoms with Gasteiger partial charge in [-0.3, -0.25) is 9.59 Å². The van der Waals surface area contributed by atoms with E-state index in [2.05, 4.69) is 0 Å². The van der Waals surface area contributed by atoms with Gasteiger partial charge >= 0.3 is 63.4 Å². The van der Waals surface area contributed by atoms with Crippen LogP contribution in [0.3, 0.4) is 0 Å². The van der Waals surface area contributed by atoms with Gasteiger partial charge in [-0.1, -0.05) is 0 Å². The Kier molecular flexibility index (Phi) is 12.1. The second-order valence-corrected chi connectivity index (χ2v) is 2.48. The first-order valence-electron chi connectivity index (χ1n) is 3.17. The molecule has 7 nitrogen and oxygen atoms in total. The molecule has 84 valence electrons. The van der Waals surface area contributed by atoms with E-state index in [4.69, 9.17) is 20.4 Å². The van der Waals surface area contributed by atoms with Gasteiger partial charge in [0.05, 0.1) is 12.8 Å². The Hall–Kier alpha value is 0.539. The maximum absolute atomic E-state index is 10.3. The molecule has 0 aliphatic carbocycles. The van der Waals surface area contributed by atoms with Crippen LogP contribution < -0.4 is 0 Å².